The summed E-state index contributed by atoms with van der Waals surface area (Å²) < 4.78 is 32.8. The quantitative estimate of drug-likeness (QED) is 0.290. The molecular weight excluding hydrogens is 492 g/mol. The minimum Gasteiger partial charge on any atom is -0.390 e. The third kappa shape index (κ3) is 11.2. The molecule has 2 atom stereocenters. The van der Waals surface area contributed by atoms with Crippen LogP contribution in [0.1, 0.15) is 50.3 Å². The maximum atomic E-state index is 13.8. The molecule has 0 aromatic heterocycles. The number of ether oxygens (including phenoxy) is 1. The SMILES string of the molecule is CCCN(CCC)C(=O)COCC(=O)N[C@H](Cc1cc(F)cc(F)c1)[C@@H](O)CNCc1cccc(CC)c1. The lowest BCUT2D eigenvalue weighted by atomic mass is 10.0. The average molecular weight is 534 g/mol. The van der Waals surface area contributed by atoms with Crippen molar-refractivity contribution >= 4 is 11.8 Å². The van der Waals surface area contributed by atoms with Crippen molar-refractivity contribution < 1.29 is 28.2 Å². The molecule has 2 rings (SSSR count). The molecule has 210 valence electrons. The van der Waals surface area contributed by atoms with Crippen molar-refractivity contribution in [3.63, 3.8) is 0 Å². The van der Waals surface area contributed by atoms with Crippen molar-refractivity contribution in [1.82, 2.24) is 15.5 Å². The summed E-state index contributed by atoms with van der Waals surface area (Å²) in [4.78, 5) is 26.7. The second kappa shape index (κ2) is 16.9. The zero-order valence-electron chi connectivity index (χ0n) is 22.6. The molecule has 0 saturated carbocycles. The standard InChI is InChI=1S/C29H41F2N3O4/c1-4-10-34(11-5-2)29(37)20-38-19-28(36)33-26(15-23-13-24(30)16-25(31)14-23)27(35)18-32-17-22-9-7-8-21(6-3)12-22/h7-9,12-14,16,26-27,32,35H,4-6,10-11,15,17-20H2,1-3H3,(H,33,36)/t26-,27+/m1/s1. The molecule has 0 aliphatic rings. The highest BCUT2D eigenvalue weighted by molar-refractivity contribution is 5.79. The lowest BCUT2D eigenvalue weighted by Gasteiger charge is -2.25. The fourth-order valence-corrected chi connectivity index (χ4v) is 4.20. The van der Waals surface area contributed by atoms with Crippen molar-refractivity contribution in [3.8, 4) is 0 Å². The Morgan fingerprint density at radius 2 is 1.61 bits per heavy atom. The van der Waals surface area contributed by atoms with Gasteiger partial charge in [0.1, 0.15) is 24.8 Å². The van der Waals surface area contributed by atoms with E-state index in [1.165, 1.54) is 17.7 Å². The summed E-state index contributed by atoms with van der Waals surface area (Å²) in [5.74, 6) is -2.20. The van der Waals surface area contributed by atoms with Crippen LogP contribution in [0.2, 0.25) is 0 Å². The van der Waals surface area contributed by atoms with Gasteiger partial charge < -0.3 is 25.4 Å². The summed E-state index contributed by atoms with van der Waals surface area (Å²) in [6, 6.07) is 10.3. The Morgan fingerprint density at radius 3 is 2.24 bits per heavy atom. The van der Waals surface area contributed by atoms with Gasteiger partial charge in [-0.05, 0) is 54.5 Å². The lowest BCUT2D eigenvalue weighted by Crippen LogP contribution is -2.49. The third-order valence-corrected chi connectivity index (χ3v) is 6.07. The zero-order valence-corrected chi connectivity index (χ0v) is 22.6. The van der Waals surface area contributed by atoms with E-state index in [0.29, 0.717) is 25.2 Å². The number of hydrogen-bond donors (Lipinski definition) is 3. The predicted octanol–water partition coefficient (Wildman–Crippen LogP) is 3.37. The van der Waals surface area contributed by atoms with E-state index < -0.39 is 29.7 Å². The highest BCUT2D eigenvalue weighted by Crippen LogP contribution is 2.12. The largest absolute Gasteiger partial charge is 0.390 e. The van der Waals surface area contributed by atoms with Crippen LogP contribution in [-0.2, 0) is 33.7 Å². The van der Waals surface area contributed by atoms with Crippen molar-refractivity contribution in [3.05, 3.63) is 70.8 Å². The highest BCUT2D eigenvalue weighted by atomic mass is 19.1. The number of nitrogens with one attached hydrogen (secondary N) is 2. The molecule has 38 heavy (non-hydrogen) atoms. The van der Waals surface area contributed by atoms with Gasteiger partial charge in [-0.2, -0.15) is 0 Å². The maximum Gasteiger partial charge on any atom is 0.248 e. The Balaban J connectivity index is 1.97. The molecule has 3 N–H and O–H groups in total. The lowest BCUT2D eigenvalue weighted by molar-refractivity contribution is -0.138. The number of aryl methyl sites for hydroxylation is 1. The summed E-state index contributed by atoms with van der Waals surface area (Å²) in [6.45, 7) is 7.33. The molecule has 0 unspecified atom stereocenters. The molecule has 0 fully saturated rings. The maximum absolute atomic E-state index is 13.8. The van der Waals surface area contributed by atoms with Gasteiger partial charge in [0.25, 0.3) is 0 Å². The normalized spacial score (nSPS) is 12.7. The van der Waals surface area contributed by atoms with Crippen molar-refractivity contribution in [2.24, 2.45) is 0 Å². The predicted molar refractivity (Wildman–Crippen MR) is 144 cm³/mol. The highest BCUT2D eigenvalue weighted by Gasteiger charge is 2.23. The van der Waals surface area contributed by atoms with Crippen LogP contribution in [0, 0.1) is 11.6 Å². The first kappa shape index (κ1) is 31.3. The van der Waals surface area contributed by atoms with E-state index in [4.69, 9.17) is 4.74 Å². The van der Waals surface area contributed by atoms with Gasteiger partial charge in [0.15, 0.2) is 0 Å². The van der Waals surface area contributed by atoms with Gasteiger partial charge >= 0.3 is 0 Å². The Morgan fingerprint density at radius 1 is 0.947 bits per heavy atom. The fraction of sp³-hybridized carbons (Fsp3) is 0.517. The monoisotopic (exact) mass is 533 g/mol. The van der Waals surface area contributed by atoms with Gasteiger partial charge in [-0.15, -0.1) is 0 Å². The molecule has 0 bridgehead atoms. The zero-order chi connectivity index (χ0) is 27.9. The topological polar surface area (TPSA) is 90.9 Å². The molecule has 0 heterocycles. The Kier molecular flexibility index (Phi) is 13.9. The second-order valence-electron chi connectivity index (χ2n) is 9.40. The number of rotatable bonds is 17. The molecule has 0 radical (unpaired) electrons. The Labute approximate surface area is 224 Å². The molecule has 0 aliphatic heterocycles. The van der Waals surface area contributed by atoms with Gasteiger partial charge in [-0.1, -0.05) is 45.0 Å². The first-order valence-electron chi connectivity index (χ1n) is 13.3. The van der Waals surface area contributed by atoms with Crippen LogP contribution in [0.5, 0.6) is 0 Å². The van der Waals surface area contributed by atoms with Crippen molar-refractivity contribution in [2.75, 3.05) is 32.8 Å². The van der Waals surface area contributed by atoms with E-state index in [1.807, 2.05) is 32.0 Å². The summed E-state index contributed by atoms with van der Waals surface area (Å²) in [7, 11) is 0. The van der Waals surface area contributed by atoms with Crippen LogP contribution >= 0.6 is 0 Å². The number of benzene rings is 2. The smallest absolute Gasteiger partial charge is 0.248 e. The fourth-order valence-electron chi connectivity index (χ4n) is 4.20. The van der Waals surface area contributed by atoms with Gasteiger partial charge in [0.05, 0.1) is 12.1 Å². The molecular formula is C29H41F2N3O4. The molecule has 0 aliphatic carbocycles. The minimum absolute atomic E-state index is 0.00823. The van der Waals surface area contributed by atoms with Crippen LogP contribution < -0.4 is 10.6 Å². The number of amides is 2. The molecule has 2 aromatic rings. The number of halogens is 2. The number of aliphatic hydroxyl groups excluding tert-OH is 1. The van der Waals surface area contributed by atoms with Gasteiger partial charge in [0, 0.05) is 32.2 Å². The molecule has 2 amide bonds. The number of carbonyl (C=O) groups excluding carboxylic acids is 2. The Hall–Kier alpha value is -2.88. The van der Waals surface area contributed by atoms with E-state index in [9.17, 15) is 23.5 Å². The summed E-state index contributed by atoms with van der Waals surface area (Å²) in [5, 5.41) is 16.8. The van der Waals surface area contributed by atoms with Crippen LogP contribution in [0.25, 0.3) is 0 Å². The molecule has 0 saturated heterocycles. The third-order valence-electron chi connectivity index (χ3n) is 6.07. The van der Waals surface area contributed by atoms with Crippen LogP contribution in [0.4, 0.5) is 8.78 Å². The second-order valence-corrected chi connectivity index (χ2v) is 9.40. The van der Waals surface area contributed by atoms with Gasteiger partial charge in [-0.3, -0.25) is 9.59 Å². The Bertz CT molecular complexity index is 995. The average Bonchev–Trinajstić information content (AvgIpc) is 2.87. The van der Waals surface area contributed by atoms with Crippen molar-refractivity contribution in [2.45, 2.75) is 65.1 Å². The summed E-state index contributed by atoms with van der Waals surface area (Å²) in [6.07, 6.45) is 1.52. The van der Waals surface area contributed by atoms with E-state index in [-0.39, 0.29) is 32.1 Å². The van der Waals surface area contributed by atoms with Crippen molar-refractivity contribution in [1.29, 1.82) is 0 Å². The number of nitrogens with zero attached hydrogens (tertiary/aromatic N) is 1. The van der Waals surface area contributed by atoms with E-state index in [0.717, 1.165) is 30.9 Å². The van der Waals surface area contributed by atoms with Gasteiger partial charge in [0.2, 0.25) is 11.8 Å². The molecule has 7 nitrogen and oxygen atoms in total. The number of aliphatic hydroxyl groups is 1. The first-order chi connectivity index (χ1) is 18.2. The van der Waals surface area contributed by atoms with E-state index >= 15 is 0 Å². The van der Waals surface area contributed by atoms with Crippen LogP contribution in [0.3, 0.4) is 0 Å². The molecule has 2 aromatic carbocycles. The van der Waals surface area contributed by atoms with E-state index in [1.54, 1.807) is 4.90 Å². The minimum atomic E-state index is -1.05. The summed E-state index contributed by atoms with van der Waals surface area (Å²) >= 11 is 0. The number of carbonyl (C=O) groups is 2. The molecule has 9 heteroatoms. The van der Waals surface area contributed by atoms with Gasteiger partial charge in [-0.25, -0.2) is 8.78 Å². The number of hydrogen-bond acceptors (Lipinski definition) is 5. The van der Waals surface area contributed by atoms with Crippen LogP contribution in [-0.4, -0.2) is 66.8 Å². The van der Waals surface area contributed by atoms with E-state index in [2.05, 4.69) is 23.6 Å². The summed E-state index contributed by atoms with van der Waals surface area (Å²) in [5.41, 5.74) is 2.56. The van der Waals surface area contributed by atoms with Crippen LogP contribution in [0.15, 0.2) is 42.5 Å². The molecule has 0 spiro atoms. The first-order valence-corrected chi connectivity index (χ1v) is 13.3.